The lowest BCUT2D eigenvalue weighted by Gasteiger charge is -2.27. The Bertz CT molecular complexity index is 3120. The molecular formula is C75H125N13O26. The first kappa shape index (κ1) is 101. The highest BCUT2D eigenvalue weighted by Crippen LogP contribution is 2.54. The average Bonchev–Trinajstić information content (AvgIpc) is 1.61. The van der Waals surface area contributed by atoms with Gasteiger partial charge in [0.2, 0.25) is 23.6 Å². The Kier molecular flexibility index (Phi) is 53.2. The van der Waals surface area contributed by atoms with Crippen molar-refractivity contribution in [3.05, 3.63) is 0 Å². The molecule has 11 N–H and O–H groups in total. The molecule has 2 aliphatic carbocycles. The number of carboxylic acid groups (broad SMARTS) is 1. The van der Waals surface area contributed by atoms with Crippen LogP contribution in [0, 0.1) is 29.6 Å². The SMILES string of the molecule is C=O.COCCOCCOCCOC(=O)[C@@H](C)CC(=O)[C@H](C)N=C(C)C(C)=N[C@@H](C)C(=O)N[C@H](C)C(=O)OCCCOCCOCCN1N=NC2CCC3C(CCC21)C3COC(=O)NCCOCCOCCCC(=O)CCCC(=O)NCC(=O)N[C@@H](CCCN=C(N)N)C(=O)CCC(=O)N[C@@H](CC(=O)O)C(=O)C[C@@H](CO)C(C)=O. The van der Waals surface area contributed by atoms with Gasteiger partial charge >= 0.3 is 24.0 Å². The number of guanidine groups is 1. The smallest absolute Gasteiger partial charge is 0.407 e. The number of methoxy groups -OCH3 is 1. The molecule has 1 heterocycles. The van der Waals surface area contributed by atoms with Gasteiger partial charge in [-0.05, 0) is 111 Å². The lowest BCUT2D eigenvalue weighted by molar-refractivity contribution is -0.151. The molecule has 39 nitrogen and oxygen atoms in total. The van der Waals surface area contributed by atoms with Gasteiger partial charge in [-0.15, -0.1) is 0 Å². The monoisotopic (exact) mass is 1620 g/mol. The summed E-state index contributed by atoms with van der Waals surface area (Å²) in [5.41, 5.74) is 11.6. The molecule has 2 fully saturated rings. The summed E-state index contributed by atoms with van der Waals surface area (Å²) >= 11 is 0. The fraction of sp³-hybridized carbons (Fsp3) is 0.773. The van der Waals surface area contributed by atoms with E-state index in [1.807, 2.05) is 11.8 Å². The zero-order valence-electron chi connectivity index (χ0n) is 67.5. The van der Waals surface area contributed by atoms with Crippen molar-refractivity contribution >= 4 is 101 Å². The van der Waals surface area contributed by atoms with E-state index in [1.54, 1.807) is 41.7 Å². The number of Topliss-reactive ketones (excluding diaryl/α,β-unsaturated/α-hetero) is 5. The Hall–Kier alpha value is -8.73. The van der Waals surface area contributed by atoms with E-state index < -0.39 is 146 Å². The number of hydrogen-bond donors (Lipinski definition) is 9. The zero-order chi connectivity index (χ0) is 84.8. The third kappa shape index (κ3) is 44.8. The van der Waals surface area contributed by atoms with Crippen molar-refractivity contribution in [1.29, 1.82) is 0 Å². The number of ketones is 5. The van der Waals surface area contributed by atoms with Crippen molar-refractivity contribution < 1.29 is 125 Å². The summed E-state index contributed by atoms with van der Waals surface area (Å²) in [4.78, 5) is 184. The van der Waals surface area contributed by atoms with Gasteiger partial charge in [0.15, 0.2) is 23.3 Å². The summed E-state index contributed by atoms with van der Waals surface area (Å²) in [7, 11) is 1.59. The molecule has 5 unspecified atom stereocenters. The van der Waals surface area contributed by atoms with E-state index in [0.29, 0.717) is 109 Å². The van der Waals surface area contributed by atoms with Gasteiger partial charge < -0.3 is 100 Å². The van der Waals surface area contributed by atoms with Crippen LogP contribution < -0.4 is 38.1 Å². The molecule has 39 heteroatoms. The summed E-state index contributed by atoms with van der Waals surface area (Å²) in [6, 6.07) is -4.98. The Morgan fingerprint density at radius 2 is 1.15 bits per heavy atom. The fourth-order valence-corrected chi connectivity index (χ4v) is 12.1. The number of nitrogens with two attached hydrogens (primary N) is 2. The molecule has 0 aromatic heterocycles. The van der Waals surface area contributed by atoms with Crippen LogP contribution in [0.5, 0.6) is 0 Å². The number of ether oxygens (including phenoxy) is 10. The van der Waals surface area contributed by atoms with Gasteiger partial charge in [-0.3, -0.25) is 72.7 Å². The number of aliphatic hydroxyl groups is 1. The van der Waals surface area contributed by atoms with Crippen LogP contribution in [0.2, 0.25) is 0 Å². The van der Waals surface area contributed by atoms with Crippen LogP contribution in [0.4, 0.5) is 4.79 Å². The highest BCUT2D eigenvalue weighted by Gasteiger charge is 2.52. The highest BCUT2D eigenvalue weighted by atomic mass is 16.6. The first-order valence-electron chi connectivity index (χ1n) is 38.9. The number of aliphatic hydroxyl groups excluding tert-OH is 1. The molecule has 0 spiro atoms. The second kappa shape index (κ2) is 59.9. The summed E-state index contributed by atoms with van der Waals surface area (Å²) in [6.45, 7) is 17.5. The number of nitrogens with one attached hydrogen (secondary N) is 5. The number of carbonyl (C=O) groups excluding carboxylic acids is 13. The standard InChI is InChI=1S/C74H123N13O25.CH2O/c1-47(71(100)111-40-39-109-38-37-108-32-31-103-8)41-64(92)50(4)80-48(2)49(3)81-51(5)70(99)82-52(6)72(101)110-28-12-27-105-34-36-107-30-25-87-62-20-18-57-56(17-19-59(62)85-86-87)58(57)46-112-74(102)78-24-29-106-35-33-104-26-11-14-55(90)13-9-16-66(94)79-44-68(96)83-60(15-10-23-77-73(75)76)63(91)21-22-67(95)84-61(43-69(97)98)65(93)42-54(45-88)53(7)89;1-2/h47,50-52,54,56-62,88H,9-46H2,1-8H3,(H,78,102)(H,79,94)(H,82,99)(H,83,96)(H,84,95)(H,97,98)(H4,75,76,77);1H2/t47-,50-,51-,52+,54-,56?,57?,58?,59?,60-,61-,62?;/m0./s1. The molecule has 0 saturated heterocycles. The van der Waals surface area contributed by atoms with Crippen molar-refractivity contribution in [2.75, 3.05) is 146 Å². The molecule has 646 valence electrons. The van der Waals surface area contributed by atoms with Crippen LogP contribution in [0.3, 0.4) is 0 Å². The molecule has 2 saturated carbocycles. The molecule has 5 amide bonds. The number of fused-ring (bicyclic) bond motifs is 2. The van der Waals surface area contributed by atoms with E-state index in [1.165, 1.54) is 6.92 Å². The van der Waals surface area contributed by atoms with Crippen molar-refractivity contribution in [2.45, 2.75) is 200 Å². The van der Waals surface area contributed by atoms with E-state index >= 15 is 0 Å². The first-order valence-corrected chi connectivity index (χ1v) is 38.9. The number of rotatable bonds is 64. The van der Waals surface area contributed by atoms with Gasteiger partial charge in [0.1, 0.15) is 43.1 Å². The molecule has 0 aromatic rings. The maximum absolute atomic E-state index is 13.2. The highest BCUT2D eigenvalue weighted by molar-refractivity contribution is 6.41. The number of aliphatic carboxylic acids is 1. The van der Waals surface area contributed by atoms with Crippen LogP contribution in [-0.4, -0.2) is 304 Å². The number of nitrogens with zero attached hydrogens (tertiary/aromatic N) is 6. The first-order chi connectivity index (χ1) is 54.5. The maximum atomic E-state index is 13.2. The van der Waals surface area contributed by atoms with Gasteiger partial charge in [-0.25, -0.2) is 9.59 Å². The predicted molar refractivity (Wildman–Crippen MR) is 412 cm³/mol. The molecule has 3 aliphatic rings. The van der Waals surface area contributed by atoms with Crippen molar-refractivity contribution in [2.24, 2.45) is 66.4 Å². The van der Waals surface area contributed by atoms with Gasteiger partial charge in [0.05, 0.1) is 154 Å². The number of carbonyl (C=O) groups is 14. The third-order valence-corrected chi connectivity index (χ3v) is 18.8. The topological polar surface area (TPSA) is 549 Å². The quantitative estimate of drug-likeness (QED) is 0.0135. The summed E-state index contributed by atoms with van der Waals surface area (Å²) in [5.74, 6) is -8.06. The van der Waals surface area contributed by atoms with Crippen molar-refractivity contribution in [1.82, 2.24) is 31.6 Å². The summed E-state index contributed by atoms with van der Waals surface area (Å²) < 4.78 is 54.4. The molecule has 1 aliphatic heterocycles. The largest absolute Gasteiger partial charge is 0.481 e. The van der Waals surface area contributed by atoms with E-state index in [2.05, 4.69) is 51.9 Å². The van der Waals surface area contributed by atoms with Crippen LogP contribution in [-0.2, 0) is 110 Å². The van der Waals surface area contributed by atoms with Gasteiger partial charge in [-0.1, -0.05) is 12.1 Å². The van der Waals surface area contributed by atoms with Gasteiger partial charge in [0, 0.05) is 90.7 Å². The zero-order valence-corrected chi connectivity index (χ0v) is 67.5. The number of amides is 5. The van der Waals surface area contributed by atoms with Gasteiger partial charge in [0.25, 0.3) is 0 Å². The normalized spacial score (nSPS) is 18.1. The molecular weight excluding hydrogens is 1500 g/mol. The van der Waals surface area contributed by atoms with E-state index in [-0.39, 0.29) is 133 Å². The number of hydrogen-bond acceptors (Lipinski definition) is 31. The van der Waals surface area contributed by atoms with Crippen molar-refractivity contribution in [3.8, 4) is 0 Å². The summed E-state index contributed by atoms with van der Waals surface area (Å²) in [6.07, 6.45) is 2.66. The number of esters is 2. The maximum Gasteiger partial charge on any atom is 0.407 e. The second-order valence-corrected chi connectivity index (χ2v) is 27.8. The van der Waals surface area contributed by atoms with E-state index in [4.69, 9.17) is 63.6 Å². The second-order valence-electron chi connectivity index (χ2n) is 27.8. The van der Waals surface area contributed by atoms with Crippen LogP contribution in [0.15, 0.2) is 25.3 Å². The van der Waals surface area contributed by atoms with Crippen LogP contribution in [0.1, 0.15) is 158 Å². The molecule has 0 bridgehead atoms. The Morgan fingerprint density at radius 1 is 0.561 bits per heavy atom. The minimum atomic E-state index is -1.52. The van der Waals surface area contributed by atoms with Gasteiger partial charge in [-0.2, -0.15) is 5.11 Å². The van der Waals surface area contributed by atoms with E-state index in [9.17, 15) is 72.5 Å². The van der Waals surface area contributed by atoms with E-state index in [0.717, 1.165) is 32.6 Å². The molecule has 0 radical (unpaired) electrons. The molecule has 0 aromatic carbocycles. The fourth-order valence-electron chi connectivity index (χ4n) is 12.1. The number of alkyl carbamates (subject to hydrolysis) is 1. The molecule has 114 heavy (non-hydrogen) atoms. The lowest BCUT2D eigenvalue weighted by atomic mass is 9.93. The Morgan fingerprint density at radius 3 is 1.79 bits per heavy atom. The Labute approximate surface area is 666 Å². The summed E-state index contributed by atoms with van der Waals surface area (Å²) in [5, 5.41) is 42.4. The van der Waals surface area contributed by atoms with Crippen LogP contribution in [0.25, 0.3) is 0 Å². The predicted octanol–water partition coefficient (Wildman–Crippen LogP) is 1.04. The third-order valence-electron chi connectivity index (χ3n) is 18.8. The average molecular weight is 1620 g/mol. The number of carboxylic acids is 1. The minimum absolute atomic E-state index is 0.0471. The van der Waals surface area contributed by atoms with Crippen LogP contribution >= 0.6 is 0 Å². The lowest BCUT2D eigenvalue weighted by Crippen LogP contribution is -2.46. The Balaban J connectivity index is 0.0000219. The van der Waals surface area contributed by atoms with Crippen molar-refractivity contribution in [3.63, 3.8) is 0 Å². The molecule has 12 atom stereocenters. The number of aliphatic imine (C=N–C) groups is 3. The minimum Gasteiger partial charge on any atom is -0.481 e. The molecule has 3 rings (SSSR count).